The van der Waals surface area contributed by atoms with Crippen molar-refractivity contribution in [3.8, 4) is 11.5 Å². The third-order valence-electron chi connectivity index (χ3n) is 5.04. The molecule has 1 saturated carbocycles. The van der Waals surface area contributed by atoms with Gasteiger partial charge in [0.25, 0.3) is 0 Å². The predicted octanol–water partition coefficient (Wildman–Crippen LogP) is 2.07. The standard InChI is InChI=1S/C18H24N2O4/c1-12-17(21)20(8-7-19(12)18(22)13-5-4-6-13)14-9-15(23-2)11-16(10-14)24-3/h9-13H,4-8H2,1-3H3. The molecule has 0 spiro atoms. The van der Waals surface area contributed by atoms with Crippen molar-refractivity contribution in [2.45, 2.75) is 32.2 Å². The van der Waals surface area contributed by atoms with Gasteiger partial charge in [-0.15, -0.1) is 0 Å². The Morgan fingerprint density at radius 1 is 1.08 bits per heavy atom. The summed E-state index contributed by atoms with van der Waals surface area (Å²) in [6.45, 7) is 2.85. The zero-order valence-electron chi connectivity index (χ0n) is 14.4. The molecule has 6 heteroatoms. The second-order valence-corrected chi connectivity index (χ2v) is 6.40. The monoisotopic (exact) mass is 332 g/mol. The van der Waals surface area contributed by atoms with E-state index in [1.54, 1.807) is 30.1 Å². The van der Waals surface area contributed by atoms with Crippen LogP contribution in [0.3, 0.4) is 0 Å². The quantitative estimate of drug-likeness (QED) is 0.847. The molecule has 1 atom stereocenters. The van der Waals surface area contributed by atoms with Crippen LogP contribution in [0.15, 0.2) is 18.2 Å². The molecule has 3 rings (SSSR count). The minimum atomic E-state index is -0.441. The van der Waals surface area contributed by atoms with Crippen LogP contribution in [0.25, 0.3) is 0 Å². The Hall–Kier alpha value is -2.24. The van der Waals surface area contributed by atoms with Gasteiger partial charge in [-0.3, -0.25) is 9.59 Å². The maximum Gasteiger partial charge on any atom is 0.249 e. The number of methoxy groups -OCH3 is 2. The number of hydrogen-bond donors (Lipinski definition) is 0. The Bertz CT molecular complexity index is 620. The van der Waals surface area contributed by atoms with Crippen LogP contribution in [0.1, 0.15) is 26.2 Å². The second-order valence-electron chi connectivity index (χ2n) is 6.40. The van der Waals surface area contributed by atoms with E-state index in [2.05, 4.69) is 0 Å². The average molecular weight is 332 g/mol. The molecule has 1 heterocycles. The van der Waals surface area contributed by atoms with Crippen molar-refractivity contribution in [2.24, 2.45) is 5.92 Å². The highest BCUT2D eigenvalue weighted by molar-refractivity contribution is 6.00. The Balaban J connectivity index is 1.79. The van der Waals surface area contributed by atoms with Crippen LogP contribution in [-0.2, 0) is 9.59 Å². The SMILES string of the molecule is COc1cc(OC)cc(N2CCN(C(=O)C3CCC3)C(C)C2=O)c1. The minimum absolute atomic E-state index is 0.0655. The fourth-order valence-corrected chi connectivity index (χ4v) is 3.27. The molecule has 24 heavy (non-hydrogen) atoms. The zero-order valence-corrected chi connectivity index (χ0v) is 14.4. The van der Waals surface area contributed by atoms with Gasteiger partial charge in [-0.05, 0) is 19.8 Å². The summed E-state index contributed by atoms with van der Waals surface area (Å²) in [6.07, 6.45) is 3.02. The lowest BCUT2D eigenvalue weighted by molar-refractivity contribution is -0.146. The number of ether oxygens (including phenoxy) is 2. The lowest BCUT2D eigenvalue weighted by Crippen LogP contribution is -2.59. The van der Waals surface area contributed by atoms with E-state index in [0.717, 1.165) is 24.9 Å². The van der Waals surface area contributed by atoms with E-state index in [4.69, 9.17) is 9.47 Å². The molecule has 0 bridgehead atoms. The van der Waals surface area contributed by atoms with Gasteiger partial charge in [0.1, 0.15) is 17.5 Å². The van der Waals surface area contributed by atoms with Gasteiger partial charge in [-0.25, -0.2) is 0 Å². The Kier molecular flexibility index (Phi) is 4.64. The molecule has 1 saturated heterocycles. The lowest BCUT2D eigenvalue weighted by atomic mass is 9.84. The summed E-state index contributed by atoms with van der Waals surface area (Å²) in [5.41, 5.74) is 0.735. The van der Waals surface area contributed by atoms with E-state index in [1.807, 2.05) is 19.1 Å². The van der Waals surface area contributed by atoms with Crippen LogP contribution >= 0.6 is 0 Å². The summed E-state index contributed by atoms with van der Waals surface area (Å²) in [4.78, 5) is 28.8. The molecule has 1 aromatic rings. The van der Waals surface area contributed by atoms with Crippen molar-refractivity contribution in [1.29, 1.82) is 0 Å². The summed E-state index contributed by atoms with van der Waals surface area (Å²) < 4.78 is 10.6. The number of rotatable bonds is 4. The molecule has 1 aliphatic heterocycles. The maximum atomic E-state index is 12.8. The first kappa shape index (κ1) is 16.6. The topological polar surface area (TPSA) is 59.1 Å². The molecule has 1 aliphatic carbocycles. The van der Waals surface area contributed by atoms with Crippen molar-refractivity contribution in [3.05, 3.63) is 18.2 Å². The Morgan fingerprint density at radius 2 is 1.71 bits per heavy atom. The predicted molar refractivity (Wildman–Crippen MR) is 90.4 cm³/mol. The first-order valence-corrected chi connectivity index (χ1v) is 8.40. The highest BCUT2D eigenvalue weighted by atomic mass is 16.5. The van der Waals surface area contributed by atoms with Crippen LogP contribution in [-0.4, -0.2) is 50.1 Å². The van der Waals surface area contributed by atoms with Gasteiger partial charge < -0.3 is 19.3 Å². The van der Waals surface area contributed by atoms with Gasteiger partial charge in [-0.1, -0.05) is 6.42 Å². The van der Waals surface area contributed by atoms with Crippen molar-refractivity contribution >= 4 is 17.5 Å². The normalized spacial score (nSPS) is 21.5. The average Bonchev–Trinajstić information content (AvgIpc) is 2.54. The lowest BCUT2D eigenvalue weighted by Gasteiger charge is -2.41. The molecule has 6 nitrogen and oxygen atoms in total. The van der Waals surface area contributed by atoms with Gasteiger partial charge in [0, 0.05) is 37.2 Å². The van der Waals surface area contributed by atoms with E-state index in [0.29, 0.717) is 24.6 Å². The van der Waals surface area contributed by atoms with Gasteiger partial charge in [0.2, 0.25) is 11.8 Å². The van der Waals surface area contributed by atoms with Crippen LogP contribution in [0.2, 0.25) is 0 Å². The van der Waals surface area contributed by atoms with Gasteiger partial charge in [-0.2, -0.15) is 0 Å². The summed E-state index contributed by atoms with van der Waals surface area (Å²) in [6, 6.07) is 4.96. The summed E-state index contributed by atoms with van der Waals surface area (Å²) >= 11 is 0. The third kappa shape index (κ3) is 2.92. The molecular formula is C18H24N2O4. The molecular weight excluding hydrogens is 308 g/mol. The number of nitrogens with zero attached hydrogens (tertiary/aromatic N) is 2. The van der Waals surface area contributed by atoms with E-state index in [9.17, 15) is 9.59 Å². The number of piperazine rings is 1. The van der Waals surface area contributed by atoms with Crippen molar-refractivity contribution in [1.82, 2.24) is 4.90 Å². The second kappa shape index (κ2) is 6.71. The zero-order chi connectivity index (χ0) is 17.3. The number of anilines is 1. The van der Waals surface area contributed by atoms with Crippen LogP contribution in [0.4, 0.5) is 5.69 Å². The number of carbonyl (C=O) groups is 2. The maximum absolute atomic E-state index is 12.8. The first-order valence-electron chi connectivity index (χ1n) is 8.40. The third-order valence-corrected chi connectivity index (χ3v) is 5.04. The van der Waals surface area contributed by atoms with Gasteiger partial charge in [0.05, 0.1) is 19.9 Å². The van der Waals surface area contributed by atoms with Gasteiger partial charge in [0.15, 0.2) is 0 Å². The molecule has 0 N–H and O–H groups in total. The largest absolute Gasteiger partial charge is 0.497 e. The smallest absolute Gasteiger partial charge is 0.249 e. The van der Waals surface area contributed by atoms with E-state index < -0.39 is 6.04 Å². The van der Waals surface area contributed by atoms with Crippen molar-refractivity contribution in [2.75, 3.05) is 32.2 Å². The molecule has 1 aromatic carbocycles. The highest BCUT2D eigenvalue weighted by Crippen LogP contribution is 2.32. The molecule has 0 aromatic heterocycles. The Morgan fingerprint density at radius 3 is 2.21 bits per heavy atom. The number of amides is 2. The minimum Gasteiger partial charge on any atom is -0.497 e. The molecule has 2 aliphatic rings. The van der Waals surface area contributed by atoms with Crippen LogP contribution in [0, 0.1) is 5.92 Å². The highest BCUT2D eigenvalue weighted by Gasteiger charge is 2.39. The molecule has 0 radical (unpaired) electrons. The number of hydrogen-bond acceptors (Lipinski definition) is 4. The summed E-state index contributed by atoms with van der Waals surface area (Å²) in [5, 5.41) is 0. The fourth-order valence-electron chi connectivity index (χ4n) is 3.27. The summed E-state index contributed by atoms with van der Waals surface area (Å²) in [5.74, 6) is 1.45. The van der Waals surface area contributed by atoms with Crippen LogP contribution in [0.5, 0.6) is 11.5 Å². The van der Waals surface area contributed by atoms with Crippen molar-refractivity contribution in [3.63, 3.8) is 0 Å². The van der Waals surface area contributed by atoms with E-state index >= 15 is 0 Å². The molecule has 130 valence electrons. The number of benzene rings is 1. The molecule has 2 amide bonds. The van der Waals surface area contributed by atoms with E-state index in [-0.39, 0.29) is 17.7 Å². The van der Waals surface area contributed by atoms with Gasteiger partial charge >= 0.3 is 0 Å². The number of carbonyl (C=O) groups excluding carboxylic acids is 2. The van der Waals surface area contributed by atoms with E-state index in [1.165, 1.54) is 0 Å². The molecule has 1 unspecified atom stereocenters. The Labute approximate surface area is 142 Å². The first-order chi connectivity index (χ1) is 11.5. The van der Waals surface area contributed by atoms with Crippen molar-refractivity contribution < 1.29 is 19.1 Å². The summed E-state index contributed by atoms with van der Waals surface area (Å²) in [7, 11) is 3.16. The van der Waals surface area contributed by atoms with Crippen LogP contribution < -0.4 is 14.4 Å². The fraction of sp³-hybridized carbons (Fsp3) is 0.556. The molecule has 2 fully saturated rings.